The second-order valence-electron chi connectivity index (χ2n) is 8.11. The van der Waals surface area contributed by atoms with E-state index in [1.807, 2.05) is 6.07 Å². The zero-order valence-corrected chi connectivity index (χ0v) is 16.9. The molecule has 0 saturated heterocycles. The Labute approximate surface area is 167 Å². The molecule has 6 heteroatoms. The molecule has 154 valence electrons. The van der Waals surface area contributed by atoms with Crippen molar-refractivity contribution in [1.82, 2.24) is 10.6 Å². The van der Waals surface area contributed by atoms with Gasteiger partial charge in [0.2, 0.25) is 11.8 Å². The Morgan fingerprint density at radius 3 is 2.68 bits per heavy atom. The first-order valence-corrected chi connectivity index (χ1v) is 10.3. The SMILES string of the molecule is CNC(=O)C1(CCNC(=O)C2CCC(OC)CC2)CCCc2ccc(O)cc21. The van der Waals surface area contributed by atoms with E-state index in [-0.39, 0.29) is 29.6 Å². The first-order valence-electron chi connectivity index (χ1n) is 10.3. The summed E-state index contributed by atoms with van der Waals surface area (Å²) in [5, 5.41) is 15.8. The summed E-state index contributed by atoms with van der Waals surface area (Å²) in [7, 11) is 3.37. The Morgan fingerprint density at radius 1 is 1.25 bits per heavy atom. The summed E-state index contributed by atoms with van der Waals surface area (Å²) in [4.78, 5) is 25.5. The predicted octanol–water partition coefficient (Wildman–Crippen LogP) is 2.42. The fourth-order valence-corrected chi connectivity index (χ4v) is 4.90. The third kappa shape index (κ3) is 4.17. The molecule has 2 aliphatic carbocycles. The predicted molar refractivity (Wildman–Crippen MR) is 107 cm³/mol. The van der Waals surface area contributed by atoms with E-state index in [0.29, 0.717) is 13.0 Å². The highest BCUT2D eigenvalue weighted by Gasteiger charge is 2.42. The maximum absolute atomic E-state index is 12.9. The van der Waals surface area contributed by atoms with Crippen LogP contribution in [0.2, 0.25) is 0 Å². The van der Waals surface area contributed by atoms with Crippen molar-refractivity contribution in [3.63, 3.8) is 0 Å². The molecule has 0 aliphatic heterocycles. The molecule has 1 saturated carbocycles. The zero-order chi connectivity index (χ0) is 20.1. The number of phenols is 1. The van der Waals surface area contributed by atoms with Crippen LogP contribution in [0, 0.1) is 5.92 Å². The average molecular weight is 389 g/mol. The van der Waals surface area contributed by atoms with E-state index in [2.05, 4.69) is 10.6 Å². The van der Waals surface area contributed by atoms with Gasteiger partial charge in [0.05, 0.1) is 11.5 Å². The van der Waals surface area contributed by atoms with Gasteiger partial charge in [-0.15, -0.1) is 0 Å². The van der Waals surface area contributed by atoms with Gasteiger partial charge in [0, 0.05) is 26.6 Å². The van der Waals surface area contributed by atoms with E-state index in [9.17, 15) is 14.7 Å². The molecule has 1 aromatic rings. The van der Waals surface area contributed by atoms with Gasteiger partial charge in [0.25, 0.3) is 0 Å². The minimum atomic E-state index is -0.706. The van der Waals surface area contributed by atoms with Crippen LogP contribution in [0.15, 0.2) is 18.2 Å². The van der Waals surface area contributed by atoms with Gasteiger partial charge in [-0.3, -0.25) is 9.59 Å². The van der Waals surface area contributed by atoms with Gasteiger partial charge in [-0.1, -0.05) is 6.07 Å². The minimum Gasteiger partial charge on any atom is -0.508 e. The van der Waals surface area contributed by atoms with Crippen LogP contribution in [0.3, 0.4) is 0 Å². The van der Waals surface area contributed by atoms with Crippen LogP contribution in [-0.4, -0.2) is 43.7 Å². The molecule has 0 bridgehead atoms. The molecule has 3 rings (SSSR count). The van der Waals surface area contributed by atoms with Crippen molar-refractivity contribution >= 4 is 11.8 Å². The molecular formula is C22H32N2O4. The molecule has 28 heavy (non-hydrogen) atoms. The maximum Gasteiger partial charge on any atom is 0.230 e. The molecule has 0 radical (unpaired) electrons. The third-order valence-electron chi connectivity index (χ3n) is 6.55. The van der Waals surface area contributed by atoms with Crippen molar-refractivity contribution in [1.29, 1.82) is 0 Å². The number of carbonyl (C=O) groups excluding carboxylic acids is 2. The first-order chi connectivity index (χ1) is 13.5. The van der Waals surface area contributed by atoms with Crippen LogP contribution in [0.4, 0.5) is 0 Å². The third-order valence-corrected chi connectivity index (χ3v) is 6.55. The standard InChI is InChI=1S/C22H32N2O4/c1-23-21(27)22(11-3-4-15-5-8-17(25)14-19(15)22)12-13-24-20(26)16-6-9-18(28-2)10-7-16/h5,8,14,16,18,25H,3-4,6-7,9-13H2,1-2H3,(H,23,27)(H,24,26). The van der Waals surface area contributed by atoms with E-state index in [1.165, 1.54) is 0 Å². The number of amides is 2. The molecule has 2 aliphatic rings. The number of ether oxygens (including phenoxy) is 1. The van der Waals surface area contributed by atoms with Crippen LogP contribution in [0.1, 0.15) is 56.1 Å². The summed E-state index contributed by atoms with van der Waals surface area (Å²) in [6.07, 6.45) is 6.88. The van der Waals surface area contributed by atoms with Crippen LogP contribution < -0.4 is 10.6 Å². The lowest BCUT2D eigenvalue weighted by atomic mass is 9.67. The Balaban J connectivity index is 1.68. The highest BCUT2D eigenvalue weighted by molar-refractivity contribution is 5.89. The lowest BCUT2D eigenvalue weighted by Crippen LogP contribution is -2.47. The molecule has 1 aromatic carbocycles. The van der Waals surface area contributed by atoms with Gasteiger partial charge in [0.15, 0.2) is 0 Å². The van der Waals surface area contributed by atoms with Crippen molar-refractivity contribution in [2.45, 2.75) is 62.9 Å². The van der Waals surface area contributed by atoms with Crippen molar-refractivity contribution in [2.75, 3.05) is 20.7 Å². The minimum absolute atomic E-state index is 0.0324. The number of phenolic OH excluding ortho intramolecular Hbond substituents is 1. The Morgan fingerprint density at radius 2 is 2.00 bits per heavy atom. The maximum atomic E-state index is 12.9. The summed E-state index contributed by atoms with van der Waals surface area (Å²) in [6, 6.07) is 5.31. The number of rotatable bonds is 6. The molecular weight excluding hydrogens is 356 g/mol. The van der Waals surface area contributed by atoms with Crippen LogP contribution in [0.25, 0.3) is 0 Å². The lowest BCUT2D eigenvalue weighted by Gasteiger charge is -2.38. The number of hydrogen-bond acceptors (Lipinski definition) is 4. The summed E-state index contributed by atoms with van der Waals surface area (Å²) in [5.41, 5.74) is 1.30. The Kier molecular flexibility index (Phi) is 6.60. The summed E-state index contributed by atoms with van der Waals surface area (Å²) in [5.74, 6) is 0.236. The number of methoxy groups -OCH3 is 1. The largest absolute Gasteiger partial charge is 0.508 e. The van der Waals surface area contributed by atoms with E-state index in [0.717, 1.165) is 56.1 Å². The van der Waals surface area contributed by atoms with Gasteiger partial charge in [0.1, 0.15) is 5.75 Å². The van der Waals surface area contributed by atoms with Gasteiger partial charge in [-0.2, -0.15) is 0 Å². The summed E-state index contributed by atoms with van der Waals surface area (Å²) >= 11 is 0. The Bertz CT molecular complexity index is 712. The van der Waals surface area contributed by atoms with Gasteiger partial charge in [-0.25, -0.2) is 0 Å². The second-order valence-corrected chi connectivity index (χ2v) is 8.11. The van der Waals surface area contributed by atoms with E-state index in [4.69, 9.17) is 4.74 Å². The van der Waals surface area contributed by atoms with Crippen molar-refractivity contribution in [2.24, 2.45) is 5.92 Å². The Hall–Kier alpha value is -2.08. The number of aryl methyl sites for hydroxylation is 1. The normalized spacial score (nSPS) is 26.9. The molecule has 0 heterocycles. The van der Waals surface area contributed by atoms with Crippen molar-refractivity contribution in [3.05, 3.63) is 29.3 Å². The first kappa shape index (κ1) is 20.6. The molecule has 6 nitrogen and oxygen atoms in total. The average Bonchev–Trinajstić information content (AvgIpc) is 2.73. The number of benzene rings is 1. The molecule has 1 unspecified atom stereocenters. The molecule has 0 aromatic heterocycles. The topological polar surface area (TPSA) is 87.7 Å². The van der Waals surface area contributed by atoms with Gasteiger partial charge < -0.3 is 20.5 Å². The van der Waals surface area contributed by atoms with Gasteiger partial charge in [-0.05, 0) is 74.6 Å². The van der Waals surface area contributed by atoms with Crippen LogP contribution >= 0.6 is 0 Å². The number of carbonyl (C=O) groups is 2. The number of hydrogen-bond donors (Lipinski definition) is 3. The number of fused-ring (bicyclic) bond motifs is 1. The number of likely N-dealkylation sites (N-methyl/N-ethyl adjacent to an activating group) is 1. The zero-order valence-electron chi connectivity index (χ0n) is 16.9. The molecule has 1 fully saturated rings. The van der Waals surface area contributed by atoms with Crippen LogP contribution in [-0.2, 0) is 26.2 Å². The molecule has 0 spiro atoms. The fraction of sp³-hybridized carbons (Fsp3) is 0.636. The van der Waals surface area contributed by atoms with E-state index >= 15 is 0 Å². The number of aromatic hydroxyl groups is 1. The van der Waals surface area contributed by atoms with Crippen molar-refractivity contribution in [3.8, 4) is 5.75 Å². The molecule has 3 N–H and O–H groups in total. The molecule has 1 atom stereocenters. The fourth-order valence-electron chi connectivity index (χ4n) is 4.90. The monoisotopic (exact) mass is 388 g/mol. The summed E-state index contributed by atoms with van der Waals surface area (Å²) in [6.45, 7) is 0.450. The van der Waals surface area contributed by atoms with Gasteiger partial charge >= 0.3 is 0 Å². The van der Waals surface area contributed by atoms with E-state index < -0.39 is 5.41 Å². The van der Waals surface area contributed by atoms with E-state index in [1.54, 1.807) is 26.3 Å². The number of nitrogens with one attached hydrogen (secondary N) is 2. The van der Waals surface area contributed by atoms with Crippen molar-refractivity contribution < 1.29 is 19.4 Å². The smallest absolute Gasteiger partial charge is 0.230 e. The molecule has 2 amide bonds. The lowest BCUT2D eigenvalue weighted by molar-refractivity contribution is -0.129. The quantitative estimate of drug-likeness (QED) is 0.698. The second kappa shape index (κ2) is 8.95. The highest BCUT2D eigenvalue weighted by Crippen LogP contribution is 2.41. The van der Waals surface area contributed by atoms with Crippen LogP contribution in [0.5, 0.6) is 5.75 Å². The summed E-state index contributed by atoms with van der Waals surface area (Å²) < 4.78 is 5.38. The highest BCUT2D eigenvalue weighted by atomic mass is 16.5.